The molecule has 3 heterocycles. The SMILES string of the molecule is FC(F)c1cc(Cc2ncc(Cl)cn2)n(-c2ccnc(Cl)c2)n1. The molecular weight excluding hydrogens is 347 g/mol. The summed E-state index contributed by atoms with van der Waals surface area (Å²) >= 11 is 11.6. The third-order valence-electron chi connectivity index (χ3n) is 2.99. The van der Waals surface area contributed by atoms with Crippen LogP contribution in [0.1, 0.15) is 23.6 Å². The van der Waals surface area contributed by atoms with Gasteiger partial charge in [0.25, 0.3) is 6.43 Å². The number of alkyl halides is 2. The number of halogens is 4. The van der Waals surface area contributed by atoms with Gasteiger partial charge in [-0.15, -0.1) is 0 Å². The van der Waals surface area contributed by atoms with Gasteiger partial charge in [-0.2, -0.15) is 5.10 Å². The summed E-state index contributed by atoms with van der Waals surface area (Å²) in [7, 11) is 0. The van der Waals surface area contributed by atoms with Crippen molar-refractivity contribution in [2.75, 3.05) is 0 Å². The summed E-state index contributed by atoms with van der Waals surface area (Å²) in [4.78, 5) is 12.0. The van der Waals surface area contributed by atoms with E-state index in [2.05, 4.69) is 20.1 Å². The maximum Gasteiger partial charge on any atom is 0.282 e. The molecule has 0 fully saturated rings. The van der Waals surface area contributed by atoms with Gasteiger partial charge in [-0.3, -0.25) is 0 Å². The average Bonchev–Trinajstić information content (AvgIpc) is 2.94. The van der Waals surface area contributed by atoms with Gasteiger partial charge in [0.05, 0.1) is 22.8 Å². The van der Waals surface area contributed by atoms with Crippen LogP contribution in [0.5, 0.6) is 0 Å². The summed E-state index contributed by atoms with van der Waals surface area (Å²) in [6, 6.07) is 4.48. The van der Waals surface area contributed by atoms with Gasteiger partial charge in [0, 0.05) is 24.7 Å². The van der Waals surface area contributed by atoms with Crippen molar-refractivity contribution >= 4 is 23.2 Å². The lowest BCUT2D eigenvalue weighted by molar-refractivity contribution is 0.145. The maximum absolute atomic E-state index is 13.0. The molecule has 3 aromatic rings. The quantitative estimate of drug-likeness (QED) is 0.666. The van der Waals surface area contributed by atoms with Gasteiger partial charge in [0.1, 0.15) is 16.7 Å². The second-order valence-corrected chi connectivity index (χ2v) is 5.43. The summed E-state index contributed by atoms with van der Waals surface area (Å²) in [6.45, 7) is 0. The largest absolute Gasteiger partial charge is 0.282 e. The van der Waals surface area contributed by atoms with Crippen molar-refractivity contribution < 1.29 is 8.78 Å². The Morgan fingerprint density at radius 2 is 1.83 bits per heavy atom. The van der Waals surface area contributed by atoms with Gasteiger partial charge < -0.3 is 0 Å². The van der Waals surface area contributed by atoms with Crippen LogP contribution in [0.2, 0.25) is 10.2 Å². The molecule has 0 unspecified atom stereocenters. The Labute approximate surface area is 139 Å². The molecule has 5 nitrogen and oxygen atoms in total. The molecule has 0 atom stereocenters. The van der Waals surface area contributed by atoms with Crippen LogP contribution in [0.3, 0.4) is 0 Å². The smallest absolute Gasteiger partial charge is 0.244 e. The summed E-state index contributed by atoms with van der Waals surface area (Å²) in [6.07, 6.45) is 1.91. The maximum atomic E-state index is 13.0. The van der Waals surface area contributed by atoms with Crippen LogP contribution in [-0.4, -0.2) is 24.7 Å². The molecule has 0 N–H and O–H groups in total. The Hall–Kier alpha value is -2.12. The summed E-state index contributed by atoms with van der Waals surface area (Å²) in [5, 5.41) is 4.57. The van der Waals surface area contributed by atoms with E-state index in [4.69, 9.17) is 23.2 Å². The molecule has 0 radical (unpaired) electrons. The Bertz CT molecular complexity index is 820. The van der Waals surface area contributed by atoms with Crippen molar-refractivity contribution in [2.45, 2.75) is 12.8 Å². The molecule has 0 aliphatic heterocycles. The molecule has 118 valence electrons. The number of hydrogen-bond donors (Lipinski definition) is 0. The molecule has 23 heavy (non-hydrogen) atoms. The van der Waals surface area contributed by atoms with Gasteiger partial charge in [0.15, 0.2) is 0 Å². The number of nitrogens with zero attached hydrogens (tertiary/aromatic N) is 5. The molecular formula is C14H9Cl2F2N5. The zero-order valence-electron chi connectivity index (χ0n) is 11.5. The van der Waals surface area contributed by atoms with E-state index in [0.29, 0.717) is 22.2 Å². The first-order valence-corrected chi connectivity index (χ1v) is 7.24. The topological polar surface area (TPSA) is 56.5 Å². The Kier molecular flexibility index (Phi) is 4.49. The van der Waals surface area contributed by atoms with Crippen LogP contribution < -0.4 is 0 Å². The van der Waals surface area contributed by atoms with E-state index in [1.165, 1.54) is 35.4 Å². The van der Waals surface area contributed by atoms with E-state index >= 15 is 0 Å². The van der Waals surface area contributed by atoms with Gasteiger partial charge in [0.2, 0.25) is 0 Å². The van der Waals surface area contributed by atoms with Crippen molar-refractivity contribution in [3.63, 3.8) is 0 Å². The molecule has 0 saturated carbocycles. The Morgan fingerprint density at radius 3 is 2.48 bits per heavy atom. The van der Waals surface area contributed by atoms with Crippen molar-refractivity contribution in [3.05, 3.63) is 64.2 Å². The highest BCUT2D eigenvalue weighted by Gasteiger charge is 2.17. The molecule has 0 aromatic carbocycles. The minimum atomic E-state index is -2.68. The lowest BCUT2D eigenvalue weighted by Gasteiger charge is -2.07. The lowest BCUT2D eigenvalue weighted by atomic mass is 10.2. The van der Waals surface area contributed by atoms with Crippen molar-refractivity contribution in [2.24, 2.45) is 0 Å². The molecule has 9 heteroatoms. The predicted molar refractivity (Wildman–Crippen MR) is 81.2 cm³/mol. The van der Waals surface area contributed by atoms with Gasteiger partial charge in [-0.1, -0.05) is 23.2 Å². The van der Waals surface area contributed by atoms with Crippen LogP contribution in [0.15, 0.2) is 36.8 Å². The minimum Gasteiger partial charge on any atom is -0.244 e. The van der Waals surface area contributed by atoms with Gasteiger partial charge >= 0.3 is 0 Å². The van der Waals surface area contributed by atoms with Crippen LogP contribution in [0.4, 0.5) is 8.78 Å². The molecule has 3 rings (SSSR count). The van der Waals surface area contributed by atoms with Crippen molar-refractivity contribution in [1.82, 2.24) is 24.7 Å². The van der Waals surface area contributed by atoms with E-state index in [-0.39, 0.29) is 17.3 Å². The highest BCUT2D eigenvalue weighted by atomic mass is 35.5. The Balaban J connectivity index is 2.02. The molecule has 0 aliphatic rings. The third-order valence-corrected chi connectivity index (χ3v) is 3.40. The molecule has 0 aliphatic carbocycles. The fraction of sp³-hybridized carbons (Fsp3) is 0.143. The van der Waals surface area contributed by atoms with E-state index in [0.717, 1.165) is 0 Å². The van der Waals surface area contributed by atoms with Gasteiger partial charge in [-0.25, -0.2) is 28.4 Å². The second-order valence-electron chi connectivity index (χ2n) is 4.60. The number of rotatable bonds is 4. The second kappa shape index (κ2) is 6.55. The summed E-state index contributed by atoms with van der Waals surface area (Å²) < 4.78 is 27.4. The highest BCUT2D eigenvalue weighted by molar-refractivity contribution is 6.30. The van der Waals surface area contributed by atoms with E-state index in [1.54, 1.807) is 6.07 Å². The zero-order chi connectivity index (χ0) is 16.4. The minimum absolute atomic E-state index is 0.219. The zero-order valence-corrected chi connectivity index (χ0v) is 13.0. The van der Waals surface area contributed by atoms with E-state index in [1.807, 2.05) is 0 Å². The van der Waals surface area contributed by atoms with Crippen LogP contribution in [0, 0.1) is 0 Å². The first-order valence-electron chi connectivity index (χ1n) is 6.48. The normalized spacial score (nSPS) is 11.2. The van der Waals surface area contributed by atoms with E-state index < -0.39 is 6.43 Å². The summed E-state index contributed by atoms with van der Waals surface area (Å²) in [5.74, 6) is 0.441. The average molecular weight is 356 g/mol. The Morgan fingerprint density at radius 1 is 1.09 bits per heavy atom. The third kappa shape index (κ3) is 3.62. The molecule has 0 spiro atoms. The van der Waals surface area contributed by atoms with E-state index in [9.17, 15) is 8.78 Å². The molecule has 3 aromatic heterocycles. The fourth-order valence-electron chi connectivity index (χ4n) is 2.01. The molecule has 0 amide bonds. The predicted octanol–water partition coefficient (Wildman–Crippen LogP) is 3.89. The lowest BCUT2D eigenvalue weighted by Crippen LogP contribution is -2.05. The summed E-state index contributed by atoms with van der Waals surface area (Å²) in [5.41, 5.74) is 0.702. The number of aromatic nitrogens is 5. The number of hydrogen-bond acceptors (Lipinski definition) is 4. The van der Waals surface area contributed by atoms with Gasteiger partial charge in [-0.05, 0) is 12.1 Å². The first-order chi connectivity index (χ1) is 11.0. The van der Waals surface area contributed by atoms with Crippen LogP contribution >= 0.6 is 23.2 Å². The fourth-order valence-corrected chi connectivity index (χ4v) is 2.28. The van der Waals surface area contributed by atoms with Crippen LogP contribution in [-0.2, 0) is 6.42 Å². The number of pyridine rings is 1. The molecule has 0 bridgehead atoms. The first kappa shape index (κ1) is 15.8. The highest BCUT2D eigenvalue weighted by Crippen LogP contribution is 2.23. The van der Waals surface area contributed by atoms with Crippen molar-refractivity contribution in [1.29, 1.82) is 0 Å². The monoisotopic (exact) mass is 355 g/mol. The van der Waals surface area contributed by atoms with Crippen molar-refractivity contribution in [3.8, 4) is 5.69 Å². The van der Waals surface area contributed by atoms with Crippen LogP contribution in [0.25, 0.3) is 5.69 Å². The standard InChI is InChI=1S/C14H9Cl2F2N5/c15-8-6-20-13(21-7-8)5-10-3-11(14(17)18)22-23(10)9-1-2-19-12(16)4-9/h1-4,6-7,14H,5H2. The molecule has 0 saturated heterocycles.